The molecule has 3 rings (SSSR count). The van der Waals surface area contributed by atoms with E-state index in [1.807, 2.05) is 60.7 Å². The molecule has 0 fully saturated rings. The van der Waals surface area contributed by atoms with E-state index in [1.165, 1.54) is 6.26 Å². The Bertz CT molecular complexity index is 938. The fraction of sp³-hybridized carbons (Fsp3) is 0.360. The van der Waals surface area contributed by atoms with Gasteiger partial charge in [0.15, 0.2) is 11.9 Å². The third-order valence-corrected chi connectivity index (χ3v) is 4.82. The Labute approximate surface area is 188 Å². The number of hydrogen-bond donors (Lipinski definition) is 1. The second kappa shape index (κ2) is 10.3. The van der Waals surface area contributed by atoms with Gasteiger partial charge in [0, 0.05) is 0 Å². The number of rotatable bonds is 7. The summed E-state index contributed by atoms with van der Waals surface area (Å²) < 4.78 is 16.6. The van der Waals surface area contributed by atoms with E-state index < -0.39 is 29.9 Å². The third kappa shape index (κ3) is 6.34. The molecule has 2 unspecified atom stereocenters. The largest absolute Gasteiger partial charge is 0.473 e. The van der Waals surface area contributed by atoms with Gasteiger partial charge >= 0.3 is 12.1 Å². The molecule has 0 saturated heterocycles. The molecular formula is C25H30N2O5. The summed E-state index contributed by atoms with van der Waals surface area (Å²) in [5.41, 5.74) is 7.56. The minimum absolute atomic E-state index is 0.0321. The molecule has 0 aromatic heterocycles. The fourth-order valence-corrected chi connectivity index (χ4v) is 3.26. The summed E-state index contributed by atoms with van der Waals surface area (Å²) in [5, 5.41) is 0. The number of amides is 1. The summed E-state index contributed by atoms with van der Waals surface area (Å²) in [6, 6.07) is 18.6. The molecule has 0 saturated carbocycles. The molecule has 170 valence electrons. The van der Waals surface area contributed by atoms with E-state index in [0.29, 0.717) is 12.8 Å². The standard InChI is InChI=1S/C25H30N2O5/c1-25(2,3)32-24(29)27-21(23(28)31-16-19-12-8-5-9-13-19)17-30-22(27)20(26)15-14-18-10-6-4-7-11-18/h4-13,17,20,22H,14-16,26H2,1-3H3. The van der Waals surface area contributed by atoms with Gasteiger partial charge in [-0.1, -0.05) is 60.7 Å². The van der Waals surface area contributed by atoms with E-state index in [2.05, 4.69) is 0 Å². The van der Waals surface area contributed by atoms with Gasteiger partial charge in [-0.3, -0.25) is 0 Å². The van der Waals surface area contributed by atoms with Crippen molar-refractivity contribution < 1.29 is 23.8 Å². The van der Waals surface area contributed by atoms with Crippen LogP contribution >= 0.6 is 0 Å². The van der Waals surface area contributed by atoms with Crippen LogP contribution in [0.15, 0.2) is 72.6 Å². The van der Waals surface area contributed by atoms with Crippen molar-refractivity contribution >= 4 is 12.1 Å². The Morgan fingerprint density at radius 3 is 2.22 bits per heavy atom. The van der Waals surface area contributed by atoms with Crippen molar-refractivity contribution in [1.82, 2.24) is 4.90 Å². The molecule has 0 bridgehead atoms. The van der Waals surface area contributed by atoms with Gasteiger partial charge < -0.3 is 19.9 Å². The van der Waals surface area contributed by atoms with Gasteiger partial charge in [-0.05, 0) is 44.7 Å². The van der Waals surface area contributed by atoms with Gasteiger partial charge in [-0.15, -0.1) is 0 Å². The number of carbonyl (C=O) groups excluding carboxylic acids is 2. The zero-order valence-electron chi connectivity index (χ0n) is 18.7. The van der Waals surface area contributed by atoms with Gasteiger partial charge in [0.2, 0.25) is 0 Å². The number of esters is 1. The SMILES string of the molecule is CC(C)(C)OC(=O)N1C(C(=O)OCc2ccccc2)=COC1C(N)CCc1ccccc1. The Kier molecular flexibility index (Phi) is 7.53. The van der Waals surface area contributed by atoms with E-state index in [9.17, 15) is 9.59 Å². The van der Waals surface area contributed by atoms with Crippen LogP contribution in [0.1, 0.15) is 38.3 Å². The quantitative estimate of drug-likeness (QED) is 0.654. The summed E-state index contributed by atoms with van der Waals surface area (Å²) >= 11 is 0. The van der Waals surface area contributed by atoms with E-state index in [4.69, 9.17) is 19.9 Å². The Hall–Kier alpha value is -3.32. The minimum atomic E-state index is -0.868. The van der Waals surface area contributed by atoms with Crippen LogP contribution in [0.2, 0.25) is 0 Å². The van der Waals surface area contributed by atoms with Gasteiger partial charge in [0.25, 0.3) is 0 Å². The first-order chi connectivity index (χ1) is 15.2. The van der Waals surface area contributed by atoms with Gasteiger partial charge in [0.05, 0.1) is 6.04 Å². The molecule has 1 aliphatic heterocycles. The number of carbonyl (C=O) groups is 2. The van der Waals surface area contributed by atoms with Crippen molar-refractivity contribution in [3.63, 3.8) is 0 Å². The maximum absolute atomic E-state index is 13.0. The maximum atomic E-state index is 13.0. The van der Waals surface area contributed by atoms with Crippen LogP contribution < -0.4 is 5.73 Å². The monoisotopic (exact) mass is 438 g/mol. The molecule has 2 N–H and O–H groups in total. The highest BCUT2D eigenvalue weighted by Crippen LogP contribution is 2.27. The van der Waals surface area contributed by atoms with Crippen LogP contribution in [-0.2, 0) is 32.0 Å². The van der Waals surface area contributed by atoms with Crippen molar-refractivity contribution in [3.05, 3.63) is 83.7 Å². The van der Waals surface area contributed by atoms with Crippen molar-refractivity contribution in [1.29, 1.82) is 0 Å². The third-order valence-electron chi connectivity index (χ3n) is 4.82. The molecule has 32 heavy (non-hydrogen) atoms. The lowest BCUT2D eigenvalue weighted by Crippen LogP contribution is -2.50. The maximum Gasteiger partial charge on any atom is 0.418 e. The first-order valence-corrected chi connectivity index (χ1v) is 10.6. The first kappa shape index (κ1) is 23.3. The van der Waals surface area contributed by atoms with Crippen LogP contribution in [0.4, 0.5) is 4.79 Å². The summed E-state index contributed by atoms with van der Waals surface area (Å²) in [6.45, 7) is 5.33. The zero-order chi connectivity index (χ0) is 23.1. The smallest absolute Gasteiger partial charge is 0.418 e. The predicted octanol–water partition coefficient (Wildman–Crippen LogP) is 4.12. The minimum Gasteiger partial charge on any atom is -0.473 e. The number of nitrogens with two attached hydrogens (primary N) is 1. The first-order valence-electron chi connectivity index (χ1n) is 10.6. The molecule has 1 amide bonds. The van der Waals surface area contributed by atoms with Crippen LogP contribution in [0.3, 0.4) is 0 Å². The molecule has 1 aliphatic rings. The second-order valence-electron chi connectivity index (χ2n) is 8.63. The second-order valence-corrected chi connectivity index (χ2v) is 8.63. The summed E-state index contributed by atoms with van der Waals surface area (Å²) in [6.07, 6.45) is 0.905. The molecule has 2 atom stereocenters. The van der Waals surface area contributed by atoms with E-state index in [0.717, 1.165) is 16.0 Å². The number of aryl methyl sites for hydroxylation is 1. The van der Waals surface area contributed by atoms with Crippen LogP contribution in [-0.4, -0.2) is 34.8 Å². The lowest BCUT2D eigenvalue weighted by molar-refractivity contribution is -0.142. The van der Waals surface area contributed by atoms with E-state index in [-0.39, 0.29) is 12.3 Å². The van der Waals surface area contributed by atoms with Gasteiger partial charge in [-0.25, -0.2) is 14.5 Å². The Balaban J connectivity index is 1.71. The van der Waals surface area contributed by atoms with E-state index >= 15 is 0 Å². The Morgan fingerprint density at radius 2 is 1.62 bits per heavy atom. The topological polar surface area (TPSA) is 91.1 Å². The molecule has 2 aromatic carbocycles. The zero-order valence-corrected chi connectivity index (χ0v) is 18.7. The average Bonchev–Trinajstić information content (AvgIpc) is 3.22. The molecule has 7 nitrogen and oxygen atoms in total. The van der Waals surface area contributed by atoms with Gasteiger partial charge in [-0.2, -0.15) is 0 Å². The van der Waals surface area contributed by atoms with Crippen molar-refractivity contribution in [2.45, 2.75) is 58.1 Å². The van der Waals surface area contributed by atoms with Crippen molar-refractivity contribution in [2.75, 3.05) is 0 Å². The molecular weight excluding hydrogens is 408 g/mol. The molecule has 7 heteroatoms. The van der Waals surface area contributed by atoms with Crippen LogP contribution in [0, 0.1) is 0 Å². The fourth-order valence-electron chi connectivity index (χ4n) is 3.26. The Morgan fingerprint density at radius 1 is 1.03 bits per heavy atom. The lowest BCUT2D eigenvalue weighted by atomic mass is 10.0. The van der Waals surface area contributed by atoms with Crippen LogP contribution in [0.25, 0.3) is 0 Å². The molecule has 1 heterocycles. The van der Waals surface area contributed by atoms with E-state index in [1.54, 1.807) is 20.8 Å². The van der Waals surface area contributed by atoms with Crippen molar-refractivity contribution in [3.8, 4) is 0 Å². The van der Waals surface area contributed by atoms with Crippen molar-refractivity contribution in [2.24, 2.45) is 5.73 Å². The molecule has 2 aromatic rings. The average molecular weight is 439 g/mol. The van der Waals surface area contributed by atoms with Crippen LogP contribution in [0.5, 0.6) is 0 Å². The summed E-state index contributed by atoms with van der Waals surface area (Å²) in [5.74, 6) is -0.683. The van der Waals surface area contributed by atoms with Gasteiger partial charge in [0.1, 0.15) is 18.5 Å². The number of hydrogen-bond acceptors (Lipinski definition) is 6. The summed E-state index contributed by atoms with van der Waals surface area (Å²) in [7, 11) is 0. The highest BCUT2D eigenvalue weighted by molar-refractivity contribution is 5.92. The molecule has 0 aliphatic carbocycles. The predicted molar refractivity (Wildman–Crippen MR) is 120 cm³/mol. The highest BCUT2D eigenvalue weighted by Gasteiger charge is 2.42. The molecule has 0 radical (unpaired) electrons. The molecule has 0 spiro atoms. The number of benzene rings is 2. The number of ether oxygens (including phenoxy) is 3. The normalized spacial score (nSPS) is 16.7. The lowest BCUT2D eigenvalue weighted by Gasteiger charge is -2.31. The number of nitrogens with zero attached hydrogens (tertiary/aromatic N) is 1. The highest BCUT2D eigenvalue weighted by atomic mass is 16.6. The summed E-state index contributed by atoms with van der Waals surface area (Å²) in [4.78, 5) is 26.9.